The molecule has 40 valence electrons. The van der Waals surface area contributed by atoms with Crippen molar-refractivity contribution in [2.45, 2.75) is 0 Å². The molecule has 0 aromatic rings. The fourth-order valence-electron chi connectivity index (χ4n) is 0.156. The molecule has 0 bridgehead atoms. The summed E-state index contributed by atoms with van der Waals surface area (Å²) in [6.45, 7) is 4.13. The quantitative estimate of drug-likeness (QED) is 0.207. The smallest absolute Gasteiger partial charge is 0.412 e. The zero-order chi connectivity index (χ0) is 5.70. The van der Waals surface area contributed by atoms with E-state index in [1.807, 2.05) is 0 Å². The fourth-order valence-corrected chi connectivity index (χ4v) is 0.322. The maximum atomic E-state index is 4.52. The van der Waals surface area contributed by atoms with Crippen LogP contribution in [0.3, 0.4) is 0 Å². The van der Waals surface area contributed by atoms with Gasteiger partial charge in [-0.1, -0.05) is 10.4 Å². The van der Waals surface area contributed by atoms with Gasteiger partial charge in [0, 0.05) is 6.54 Å². The first-order valence-electron chi connectivity index (χ1n) is 1.83. The van der Waals surface area contributed by atoms with E-state index in [1.165, 1.54) is 0 Å². The van der Waals surface area contributed by atoms with E-state index in [-0.39, 0.29) is 29.6 Å². The molecule has 0 unspecified atom stereocenters. The van der Waals surface area contributed by atoms with Crippen LogP contribution < -0.4 is 34.9 Å². The van der Waals surface area contributed by atoms with E-state index in [9.17, 15) is 0 Å². The molecule has 0 amide bonds. The Morgan fingerprint density at radius 3 is 2.50 bits per heavy atom. The van der Waals surface area contributed by atoms with Crippen molar-refractivity contribution in [2.24, 2.45) is 0 Å². The Balaban J connectivity index is 0. The molecule has 0 radical (unpaired) electrons. The molecule has 0 saturated carbocycles. The summed E-state index contributed by atoms with van der Waals surface area (Å²) in [5.41, 5.74) is 0. The zero-order valence-corrected chi connectivity index (χ0v) is 8.44. The second-order valence-electron chi connectivity index (χ2n) is 0.957. The summed E-state index contributed by atoms with van der Waals surface area (Å²) < 4.78 is 0.403. The van der Waals surface area contributed by atoms with Crippen molar-refractivity contribution in [1.29, 1.82) is 0 Å². The molecule has 0 heterocycles. The molecule has 0 atom stereocenters. The third-order valence-corrected chi connectivity index (χ3v) is 0.679. The van der Waals surface area contributed by atoms with Crippen molar-refractivity contribution in [3.63, 3.8) is 0 Å². The second-order valence-corrected chi connectivity index (χ2v) is 2.03. The Bertz CT molecular complexity index is 84.1. The molecule has 0 aromatic heterocycles. The van der Waals surface area contributed by atoms with Crippen LogP contribution in [0, 0.1) is 0 Å². The summed E-state index contributed by atoms with van der Waals surface area (Å²) in [6.07, 6.45) is 1.71. The van der Waals surface area contributed by atoms with E-state index >= 15 is 0 Å². The molecule has 4 heteroatoms. The average molecular weight is 155 g/mol. The number of thiocarbonyl (C=S) groups is 1. The molecule has 0 saturated heterocycles. The van der Waals surface area contributed by atoms with E-state index in [4.69, 9.17) is 0 Å². The summed E-state index contributed by atoms with van der Waals surface area (Å²) in [6, 6.07) is 0. The van der Waals surface area contributed by atoms with Crippen molar-refractivity contribution in [3.8, 4) is 0 Å². The number of nitrogens with one attached hydrogen (secondary N) is 1. The minimum absolute atomic E-state index is 0. The van der Waals surface area contributed by atoms with Gasteiger partial charge in [-0.15, -0.1) is 6.58 Å². The number of hydrogen-bond donors (Lipinski definition) is 1. The zero-order valence-electron chi connectivity index (χ0n) is 4.81. The molecule has 0 aliphatic carbocycles. The summed E-state index contributed by atoms with van der Waals surface area (Å²) in [4.78, 5) is 0. The van der Waals surface area contributed by atoms with Gasteiger partial charge >= 0.3 is 29.6 Å². The van der Waals surface area contributed by atoms with Crippen LogP contribution in [0.1, 0.15) is 0 Å². The van der Waals surface area contributed by atoms with Crippen LogP contribution in [0.5, 0.6) is 0 Å². The SMILES string of the molecule is C=CCNC(=S)[S-].[Na+]. The van der Waals surface area contributed by atoms with E-state index in [0.717, 1.165) is 0 Å². The molecule has 1 nitrogen and oxygen atoms in total. The third-order valence-electron chi connectivity index (χ3n) is 0.391. The van der Waals surface area contributed by atoms with Crippen molar-refractivity contribution >= 4 is 29.2 Å². The van der Waals surface area contributed by atoms with Crippen LogP contribution >= 0.6 is 12.2 Å². The minimum atomic E-state index is 0. The first kappa shape index (κ1) is 11.6. The number of hydrogen-bond acceptors (Lipinski definition) is 2. The summed E-state index contributed by atoms with van der Waals surface area (Å²) in [5.74, 6) is 0. The predicted molar refractivity (Wildman–Crippen MR) is 38.2 cm³/mol. The van der Waals surface area contributed by atoms with E-state index < -0.39 is 0 Å². The molecule has 0 spiro atoms. The van der Waals surface area contributed by atoms with Gasteiger partial charge in [-0.25, -0.2) is 0 Å². The van der Waals surface area contributed by atoms with E-state index in [2.05, 4.69) is 36.7 Å². The molecule has 0 aliphatic heterocycles. The van der Waals surface area contributed by atoms with Crippen molar-refractivity contribution in [2.75, 3.05) is 6.54 Å². The molecule has 1 N–H and O–H groups in total. The van der Waals surface area contributed by atoms with Crippen molar-refractivity contribution < 1.29 is 29.6 Å². The van der Waals surface area contributed by atoms with Gasteiger partial charge in [-0.3, -0.25) is 0 Å². The molecule has 0 aliphatic rings. The largest absolute Gasteiger partial charge is 1.00 e. The molecule has 0 rings (SSSR count). The van der Waals surface area contributed by atoms with Gasteiger partial charge in [-0.05, 0) is 0 Å². The van der Waals surface area contributed by atoms with Crippen LogP contribution in [-0.2, 0) is 12.6 Å². The van der Waals surface area contributed by atoms with Crippen LogP contribution in [0.25, 0.3) is 0 Å². The Hall–Kier alpha value is 0.850. The minimum Gasteiger partial charge on any atom is -0.412 e. The standard InChI is InChI=1S/C4H7NS2.Na/c1-2-3-5-4(6)7;/h2H,1,3H2,(H2,5,6,7);/q;+1/p-1. The Morgan fingerprint density at radius 1 is 1.88 bits per heavy atom. The predicted octanol–water partition coefficient (Wildman–Crippen LogP) is -2.40. The van der Waals surface area contributed by atoms with Gasteiger partial charge < -0.3 is 30.2 Å². The molecule has 0 fully saturated rings. The molecule has 8 heavy (non-hydrogen) atoms. The van der Waals surface area contributed by atoms with Crippen LogP contribution in [0.15, 0.2) is 12.7 Å². The summed E-state index contributed by atoms with van der Waals surface area (Å²) in [5, 5.41) is 2.72. The topological polar surface area (TPSA) is 12.0 Å². The van der Waals surface area contributed by atoms with Gasteiger partial charge in [-0.2, -0.15) is 0 Å². The maximum Gasteiger partial charge on any atom is 1.00 e. The first-order chi connectivity index (χ1) is 3.27. The number of rotatable bonds is 2. The van der Waals surface area contributed by atoms with Gasteiger partial charge in [0.25, 0.3) is 0 Å². The summed E-state index contributed by atoms with van der Waals surface area (Å²) >= 11 is 9.03. The van der Waals surface area contributed by atoms with Gasteiger partial charge in [0.05, 0.1) is 0 Å². The van der Waals surface area contributed by atoms with E-state index in [0.29, 0.717) is 10.9 Å². The van der Waals surface area contributed by atoms with Crippen molar-refractivity contribution in [1.82, 2.24) is 5.32 Å². The van der Waals surface area contributed by atoms with Gasteiger partial charge in [0.15, 0.2) is 0 Å². The monoisotopic (exact) mass is 155 g/mol. The van der Waals surface area contributed by atoms with Gasteiger partial charge in [0.1, 0.15) is 0 Å². The fraction of sp³-hybridized carbons (Fsp3) is 0.250. The van der Waals surface area contributed by atoms with Crippen molar-refractivity contribution in [3.05, 3.63) is 12.7 Å². The maximum absolute atomic E-state index is 4.52. The van der Waals surface area contributed by atoms with Crippen LogP contribution in [0.4, 0.5) is 0 Å². The normalized spacial score (nSPS) is 6.50. The van der Waals surface area contributed by atoms with Gasteiger partial charge in [0.2, 0.25) is 0 Å². The first-order valence-corrected chi connectivity index (χ1v) is 2.64. The third kappa shape index (κ3) is 9.97. The Kier molecular flexibility index (Phi) is 11.4. The average Bonchev–Trinajstić information content (AvgIpc) is 1.61. The molecular weight excluding hydrogens is 149 g/mol. The van der Waals surface area contributed by atoms with E-state index in [1.54, 1.807) is 6.08 Å². The Labute approximate surface area is 82.6 Å². The van der Waals surface area contributed by atoms with Crippen LogP contribution in [0.2, 0.25) is 0 Å². The summed E-state index contributed by atoms with van der Waals surface area (Å²) in [7, 11) is 0. The van der Waals surface area contributed by atoms with Crippen LogP contribution in [-0.4, -0.2) is 10.9 Å². The Morgan fingerprint density at radius 2 is 2.38 bits per heavy atom. The molecular formula is C4H6NNaS2. The molecule has 0 aromatic carbocycles. The second kappa shape index (κ2) is 7.85.